The van der Waals surface area contributed by atoms with Gasteiger partial charge in [-0.25, -0.2) is 4.79 Å². The van der Waals surface area contributed by atoms with Gasteiger partial charge in [0.1, 0.15) is 11.6 Å². The van der Waals surface area contributed by atoms with Crippen LogP contribution in [-0.4, -0.2) is 36.6 Å². The van der Waals surface area contributed by atoms with Crippen molar-refractivity contribution in [2.45, 2.75) is 65.1 Å². The number of likely N-dealkylation sites (N-methyl/N-ethyl adjacent to an activating group) is 1. The molecular weight excluding hydrogens is 316 g/mol. The van der Waals surface area contributed by atoms with Gasteiger partial charge in [-0.3, -0.25) is 4.79 Å². The second-order valence-corrected chi connectivity index (χ2v) is 7.76. The second-order valence-electron chi connectivity index (χ2n) is 7.76. The summed E-state index contributed by atoms with van der Waals surface area (Å²) in [4.78, 5) is 25.1. The van der Waals surface area contributed by atoms with Crippen molar-refractivity contribution in [3.05, 3.63) is 35.9 Å². The first-order valence-corrected chi connectivity index (χ1v) is 8.86. The largest absolute Gasteiger partial charge is 0.458 e. The maximum absolute atomic E-state index is 12.7. The quantitative estimate of drug-likeness (QED) is 0.709. The van der Waals surface area contributed by atoms with Crippen LogP contribution in [0.3, 0.4) is 0 Å². The number of amides is 1. The highest BCUT2D eigenvalue weighted by molar-refractivity contribution is 5.87. The van der Waals surface area contributed by atoms with Crippen LogP contribution in [0.5, 0.6) is 0 Å². The lowest BCUT2D eigenvalue weighted by molar-refractivity contribution is -0.159. The van der Waals surface area contributed by atoms with Crippen molar-refractivity contribution in [2.75, 3.05) is 7.05 Å². The van der Waals surface area contributed by atoms with Gasteiger partial charge >= 0.3 is 5.97 Å². The molecule has 0 saturated carbocycles. The zero-order valence-corrected chi connectivity index (χ0v) is 16.3. The molecule has 0 saturated heterocycles. The minimum Gasteiger partial charge on any atom is -0.458 e. The van der Waals surface area contributed by atoms with Gasteiger partial charge in [0.2, 0.25) is 5.91 Å². The lowest BCUT2D eigenvalue weighted by Gasteiger charge is -2.27. The van der Waals surface area contributed by atoms with Crippen molar-refractivity contribution in [1.82, 2.24) is 10.6 Å². The zero-order chi connectivity index (χ0) is 19.0. The summed E-state index contributed by atoms with van der Waals surface area (Å²) >= 11 is 0. The smallest absolute Gasteiger partial charge is 0.329 e. The molecule has 1 aromatic carbocycles. The Bertz CT molecular complexity index is 550. The molecule has 2 atom stereocenters. The molecule has 1 rings (SSSR count). The fourth-order valence-corrected chi connectivity index (χ4v) is 2.51. The highest BCUT2D eigenvalue weighted by Gasteiger charge is 2.29. The van der Waals surface area contributed by atoms with Crippen LogP contribution in [-0.2, 0) is 20.7 Å². The van der Waals surface area contributed by atoms with Gasteiger partial charge in [-0.15, -0.1) is 0 Å². The highest BCUT2D eigenvalue weighted by Crippen LogP contribution is 2.13. The molecule has 0 aliphatic carbocycles. The molecule has 0 radical (unpaired) electrons. The second kappa shape index (κ2) is 9.56. The lowest BCUT2D eigenvalue weighted by Crippen LogP contribution is -2.51. The first kappa shape index (κ1) is 21.2. The normalized spacial score (nSPS) is 14.0. The molecule has 0 fully saturated rings. The molecule has 0 aliphatic rings. The van der Waals surface area contributed by atoms with Crippen molar-refractivity contribution in [3.8, 4) is 0 Å². The van der Waals surface area contributed by atoms with Crippen LogP contribution in [0, 0.1) is 5.92 Å². The topological polar surface area (TPSA) is 67.4 Å². The number of carbonyl (C=O) groups excluding carboxylic acids is 2. The van der Waals surface area contributed by atoms with E-state index in [0.717, 1.165) is 5.56 Å². The first-order chi connectivity index (χ1) is 11.6. The monoisotopic (exact) mass is 348 g/mol. The van der Waals surface area contributed by atoms with Crippen LogP contribution in [0.1, 0.15) is 46.6 Å². The summed E-state index contributed by atoms with van der Waals surface area (Å²) in [5.41, 5.74) is 0.485. The summed E-state index contributed by atoms with van der Waals surface area (Å²) in [5.74, 6) is -0.313. The fraction of sp³-hybridized carbons (Fsp3) is 0.600. The Morgan fingerprint density at radius 2 is 1.68 bits per heavy atom. The Kier molecular flexibility index (Phi) is 8.10. The van der Waals surface area contributed by atoms with Gasteiger partial charge in [-0.2, -0.15) is 0 Å². The number of hydrogen-bond acceptors (Lipinski definition) is 4. The summed E-state index contributed by atoms with van der Waals surface area (Å²) in [7, 11) is 1.75. The maximum atomic E-state index is 12.7. The Morgan fingerprint density at radius 3 is 2.16 bits per heavy atom. The van der Waals surface area contributed by atoms with Gasteiger partial charge in [0.05, 0.1) is 6.04 Å². The third-order valence-electron chi connectivity index (χ3n) is 3.66. The summed E-state index contributed by atoms with van der Waals surface area (Å²) in [6.45, 7) is 9.51. The average molecular weight is 348 g/mol. The molecule has 0 unspecified atom stereocenters. The van der Waals surface area contributed by atoms with Gasteiger partial charge < -0.3 is 15.4 Å². The van der Waals surface area contributed by atoms with Crippen LogP contribution in [0.15, 0.2) is 30.3 Å². The van der Waals surface area contributed by atoms with E-state index in [1.54, 1.807) is 7.05 Å². The Morgan fingerprint density at radius 1 is 1.08 bits per heavy atom. The van der Waals surface area contributed by atoms with Crippen LogP contribution < -0.4 is 10.6 Å². The van der Waals surface area contributed by atoms with Crippen molar-refractivity contribution in [1.29, 1.82) is 0 Å². The van der Waals surface area contributed by atoms with Crippen LogP contribution >= 0.6 is 0 Å². The summed E-state index contributed by atoms with van der Waals surface area (Å²) in [5, 5.41) is 5.90. The Hall–Kier alpha value is -1.88. The molecule has 1 amide bonds. The number of nitrogens with one attached hydrogen (secondary N) is 2. The van der Waals surface area contributed by atoms with Gasteiger partial charge in [0.15, 0.2) is 0 Å². The zero-order valence-electron chi connectivity index (χ0n) is 16.3. The molecule has 5 heteroatoms. The third-order valence-corrected chi connectivity index (χ3v) is 3.66. The average Bonchev–Trinajstić information content (AvgIpc) is 2.50. The van der Waals surface area contributed by atoms with E-state index >= 15 is 0 Å². The maximum Gasteiger partial charge on any atom is 0.329 e. The standard InChI is InChI=1S/C20H32N2O3/c1-14(2)12-17(19(24)25-20(3,4)5)22-18(23)16(21-6)13-15-10-8-7-9-11-15/h7-11,14,16-17,21H,12-13H2,1-6H3,(H,22,23)/t16-,17-/m0/s1. The molecule has 0 aliphatic heterocycles. The van der Waals surface area contributed by atoms with E-state index in [4.69, 9.17) is 4.74 Å². The summed E-state index contributed by atoms with van der Waals surface area (Å²) in [6.07, 6.45) is 1.11. The van der Waals surface area contributed by atoms with Crippen molar-refractivity contribution < 1.29 is 14.3 Å². The SMILES string of the molecule is CN[C@@H](Cc1ccccc1)C(=O)N[C@@H](CC(C)C)C(=O)OC(C)(C)C. The molecule has 140 valence electrons. The molecule has 2 N–H and O–H groups in total. The third kappa shape index (κ3) is 8.16. The van der Waals surface area contributed by atoms with E-state index in [1.165, 1.54) is 0 Å². The minimum absolute atomic E-state index is 0.192. The van der Waals surface area contributed by atoms with Gasteiger partial charge in [0, 0.05) is 0 Å². The Labute approximate surface area is 151 Å². The van der Waals surface area contributed by atoms with E-state index in [0.29, 0.717) is 12.8 Å². The molecule has 0 heterocycles. The number of ether oxygens (including phenoxy) is 1. The van der Waals surface area contributed by atoms with E-state index in [1.807, 2.05) is 65.0 Å². The van der Waals surface area contributed by atoms with Gasteiger partial charge in [-0.1, -0.05) is 44.2 Å². The van der Waals surface area contributed by atoms with Crippen molar-refractivity contribution in [2.24, 2.45) is 5.92 Å². The fourth-order valence-electron chi connectivity index (χ4n) is 2.51. The lowest BCUT2D eigenvalue weighted by atomic mass is 10.0. The first-order valence-electron chi connectivity index (χ1n) is 8.86. The van der Waals surface area contributed by atoms with Crippen molar-refractivity contribution in [3.63, 3.8) is 0 Å². The number of carbonyl (C=O) groups is 2. The molecular formula is C20H32N2O3. The summed E-state index contributed by atoms with van der Waals surface area (Å²) in [6, 6.07) is 8.76. The highest BCUT2D eigenvalue weighted by atomic mass is 16.6. The predicted octanol–water partition coefficient (Wildman–Crippen LogP) is 2.69. The molecule has 0 bridgehead atoms. The minimum atomic E-state index is -0.640. The van der Waals surface area contributed by atoms with Crippen LogP contribution in [0.25, 0.3) is 0 Å². The van der Waals surface area contributed by atoms with Gasteiger partial charge in [0.25, 0.3) is 0 Å². The molecule has 25 heavy (non-hydrogen) atoms. The molecule has 0 aromatic heterocycles. The van der Waals surface area contributed by atoms with Crippen molar-refractivity contribution >= 4 is 11.9 Å². The summed E-state index contributed by atoms with van der Waals surface area (Å²) < 4.78 is 5.46. The van der Waals surface area contributed by atoms with E-state index in [9.17, 15) is 9.59 Å². The molecule has 1 aromatic rings. The Balaban J connectivity index is 2.79. The number of rotatable bonds is 8. The number of hydrogen-bond donors (Lipinski definition) is 2. The predicted molar refractivity (Wildman–Crippen MR) is 100 cm³/mol. The number of esters is 1. The van der Waals surface area contributed by atoms with E-state index in [-0.39, 0.29) is 17.8 Å². The molecule has 0 spiro atoms. The number of benzene rings is 1. The van der Waals surface area contributed by atoms with Gasteiger partial charge in [-0.05, 0) is 52.1 Å². The molecule has 5 nitrogen and oxygen atoms in total. The van der Waals surface area contributed by atoms with Crippen LogP contribution in [0.2, 0.25) is 0 Å². The van der Waals surface area contributed by atoms with Crippen LogP contribution in [0.4, 0.5) is 0 Å². The van der Waals surface area contributed by atoms with E-state index in [2.05, 4.69) is 10.6 Å². The van der Waals surface area contributed by atoms with E-state index < -0.39 is 17.7 Å².